The second-order valence-corrected chi connectivity index (χ2v) is 9.28. The topological polar surface area (TPSA) is 9.23 Å². The molecular weight excluding hydrogens is 518 g/mol. The van der Waals surface area contributed by atoms with E-state index in [1.165, 1.54) is 0 Å². The number of hydrogen-bond acceptors (Lipinski definition) is 1. The molecule has 1 nitrogen and oxygen atoms in total. The summed E-state index contributed by atoms with van der Waals surface area (Å²) in [4.78, 5) is 0. The lowest BCUT2D eigenvalue weighted by atomic mass is 9.60. The number of benzene rings is 4. The van der Waals surface area contributed by atoms with E-state index in [0.717, 1.165) is 44.5 Å². The summed E-state index contributed by atoms with van der Waals surface area (Å²) in [7, 11) is 0. The van der Waals surface area contributed by atoms with Crippen molar-refractivity contribution >= 4 is 38.1 Å². The van der Waals surface area contributed by atoms with Gasteiger partial charge in [-0.1, -0.05) is 146 Å². The van der Waals surface area contributed by atoms with Crippen LogP contribution in [0.25, 0.3) is 24.3 Å². The summed E-state index contributed by atoms with van der Waals surface area (Å²) in [6, 6.07) is 31.3. The Bertz CT molecular complexity index is 1570. The molecule has 0 amide bonds. The minimum Gasteiger partial charge on any atom is -0.457 e. The quantitative estimate of drug-likeness (QED) is 0.176. The van der Waals surface area contributed by atoms with Crippen LogP contribution < -0.4 is 0 Å². The monoisotopic (exact) mass is 546 g/mol. The fourth-order valence-corrected chi connectivity index (χ4v) is 3.75. The molecule has 0 aliphatic heterocycles. The summed E-state index contributed by atoms with van der Waals surface area (Å²) >= 11 is 0. The molecule has 200 valence electrons. The van der Waals surface area contributed by atoms with Crippen LogP contribution in [0, 0.1) is 47.0 Å². The van der Waals surface area contributed by atoms with Crippen molar-refractivity contribution in [3.63, 3.8) is 0 Å². The molecule has 4 aromatic rings. The second kappa shape index (κ2) is 15.8. The van der Waals surface area contributed by atoms with E-state index in [1.807, 2.05) is 97.1 Å². The van der Waals surface area contributed by atoms with Crippen LogP contribution in [0.4, 0.5) is 0 Å². The van der Waals surface area contributed by atoms with E-state index in [1.54, 1.807) is 24.3 Å². The van der Waals surface area contributed by atoms with Gasteiger partial charge in [0.25, 0.3) is 0 Å². The maximum atomic E-state index is 6.36. The molecule has 4 aromatic carbocycles. The van der Waals surface area contributed by atoms with Crippen LogP contribution in [0.3, 0.4) is 0 Å². The van der Waals surface area contributed by atoms with Crippen LogP contribution in [0.5, 0.6) is 0 Å². The third-order valence-electron chi connectivity index (χ3n) is 6.25. The molecule has 0 atom stereocenters. The molecule has 0 N–H and O–H groups in total. The molecule has 4 rings (SSSR count). The molecule has 0 bridgehead atoms. The van der Waals surface area contributed by atoms with Gasteiger partial charge in [0.05, 0.1) is 0 Å². The average Bonchev–Trinajstić information content (AvgIpc) is 3.07. The predicted molar refractivity (Wildman–Crippen MR) is 186 cm³/mol. The highest BCUT2D eigenvalue weighted by atomic mass is 16.4. The largest absolute Gasteiger partial charge is 0.457 e. The summed E-state index contributed by atoms with van der Waals surface area (Å²) in [6.07, 6.45) is 7.18. The van der Waals surface area contributed by atoms with Gasteiger partial charge >= 0.3 is 13.8 Å². The van der Waals surface area contributed by atoms with Crippen LogP contribution in [-0.2, 0) is 4.57 Å². The molecule has 0 aliphatic rings. The third-order valence-corrected chi connectivity index (χ3v) is 6.25. The SMILES string of the molecule is C=Cc1ccc(C#CB(C#Cc2ccc(C=C)cc2)OB(C#Cc2ccc(C=C)cc2)C#Cc2ccc(C=C)cc2)cc1. The minimum absolute atomic E-state index is 0.752. The molecule has 0 saturated heterocycles. The summed E-state index contributed by atoms with van der Waals surface area (Å²) < 4.78 is 6.36. The van der Waals surface area contributed by atoms with Gasteiger partial charge in [-0.05, 0) is 70.8 Å². The van der Waals surface area contributed by atoms with Gasteiger partial charge in [-0.15, -0.1) is 0 Å². The Morgan fingerprint density at radius 2 is 0.581 bits per heavy atom. The first-order valence-corrected chi connectivity index (χ1v) is 13.7. The molecule has 3 heteroatoms. The molecule has 0 spiro atoms. The van der Waals surface area contributed by atoms with Crippen molar-refractivity contribution in [1.82, 2.24) is 0 Å². The fraction of sp³-hybridized carbons (Fsp3) is 0. The van der Waals surface area contributed by atoms with Crippen LogP contribution >= 0.6 is 0 Å². The van der Waals surface area contributed by atoms with Gasteiger partial charge in [-0.25, -0.2) is 0 Å². The first-order chi connectivity index (χ1) is 21.1. The first kappa shape index (κ1) is 30.1. The zero-order valence-electron chi connectivity index (χ0n) is 23.9. The molecule has 0 fully saturated rings. The number of hydrogen-bond donors (Lipinski definition) is 0. The van der Waals surface area contributed by atoms with Crippen molar-refractivity contribution < 1.29 is 4.57 Å². The Morgan fingerprint density at radius 1 is 0.372 bits per heavy atom. The predicted octanol–water partition coefficient (Wildman–Crippen LogP) is 7.92. The third kappa shape index (κ3) is 9.65. The molecule has 0 aliphatic carbocycles. The zero-order valence-corrected chi connectivity index (χ0v) is 23.9. The van der Waals surface area contributed by atoms with E-state index in [-0.39, 0.29) is 0 Å². The maximum absolute atomic E-state index is 6.36. The summed E-state index contributed by atoms with van der Waals surface area (Å²) in [5.41, 5.74) is 7.46. The Kier molecular flexibility index (Phi) is 11.1. The van der Waals surface area contributed by atoms with Crippen LogP contribution in [0.1, 0.15) is 44.5 Å². The lowest BCUT2D eigenvalue weighted by molar-refractivity contribution is 0.639. The van der Waals surface area contributed by atoms with E-state index in [4.69, 9.17) is 4.57 Å². The van der Waals surface area contributed by atoms with Gasteiger partial charge in [0, 0.05) is 22.3 Å². The van der Waals surface area contributed by atoms with Crippen molar-refractivity contribution in [3.05, 3.63) is 168 Å². The summed E-state index contributed by atoms with van der Waals surface area (Å²) in [5.74, 6) is 25.5. The van der Waals surface area contributed by atoms with Crippen molar-refractivity contribution in [2.45, 2.75) is 0 Å². The van der Waals surface area contributed by atoms with Crippen molar-refractivity contribution in [2.24, 2.45) is 0 Å². The van der Waals surface area contributed by atoms with Crippen molar-refractivity contribution in [1.29, 1.82) is 0 Å². The Balaban J connectivity index is 1.69. The lowest BCUT2D eigenvalue weighted by Crippen LogP contribution is -2.26. The summed E-state index contributed by atoms with van der Waals surface area (Å²) in [5, 5.41) is 0. The van der Waals surface area contributed by atoms with Crippen LogP contribution in [0.15, 0.2) is 123 Å². The van der Waals surface area contributed by atoms with E-state index in [2.05, 4.69) is 73.3 Å². The molecule has 0 heterocycles. The Labute approximate surface area is 257 Å². The molecule has 43 heavy (non-hydrogen) atoms. The van der Waals surface area contributed by atoms with Gasteiger partial charge in [0.2, 0.25) is 0 Å². The van der Waals surface area contributed by atoms with Gasteiger partial charge in [0.15, 0.2) is 0 Å². The van der Waals surface area contributed by atoms with Crippen LogP contribution in [0.2, 0.25) is 0 Å². The highest BCUT2D eigenvalue weighted by molar-refractivity contribution is 6.82. The highest BCUT2D eigenvalue weighted by Gasteiger charge is 2.19. The molecule has 0 saturated carbocycles. The van der Waals surface area contributed by atoms with Crippen molar-refractivity contribution in [3.8, 4) is 47.0 Å². The summed E-state index contributed by atoms with van der Waals surface area (Å²) in [6.45, 7) is 13.7. The lowest BCUT2D eigenvalue weighted by Gasteiger charge is -2.04. The Hall–Kier alpha value is -5.83. The number of rotatable bonds is 6. The Morgan fingerprint density at radius 3 is 0.767 bits per heavy atom. The van der Waals surface area contributed by atoms with Gasteiger partial charge in [-0.3, -0.25) is 0 Å². The molecule has 0 radical (unpaired) electrons. The fourth-order valence-electron chi connectivity index (χ4n) is 3.75. The van der Waals surface area contributed by atoms with Gasteiger partial charge in [-0.2, -0.15) is 0 Å². The van der Waals surface area contributed by atoms with Crippen LogP contribution in [-0.4, -0.2) is 13.8 Å². The van der Waals surface area contributed by atoms with E-state index >= 15 is 0 Å². The molecule has 0 unspecified atom stereocenters. The van der Waals surface area contributed by atoms with Gasteiger partial charge in [0.1, 0.15) is 0 Å². The van der Waals surface area contributed by atoms with E-state index in [9.17, 15) is 0 Å². The standard InChI is InChI=1S/C40H28B2O/c1-5-33-9-17-37(18-10-33)25-29-41(30-26-38-19-11-34(6-2)12-20-38)43-42(31-27-39-21-13-35(7-3)14-22-39)32-28-40-23-15-36(8-4)16-24-40/h5-24H,1-4H2. The van der Waals surface area contributed by atoms with Gasteiger partial charge < -0.3 is 4.57 Å². The second-order valence-electron chi connectivity index (χ2n) is 9.28. The molecular formula is C40H28B2O. The van der Waals surface area contributed by atoms with E-state index < -0.39 is 13.8 Å². The highest BCUT2D eigenvalue weighted by Crippen LogP contribution is 2.08. The zero-order chi connectivity index (χ0) is 30.3. The smallest absolute Gasteiger partial charge is 0.455 e. The molecule has 0 aromatic heterocycles. The minimum atomic E-state index is -0.752. The van der Waals surface area contributed by atoms with Crippen molar-refractivity contribution in [2.75, 3.05) is 0 Å². The average molecular weight is 546 g/mol. The maximum Gasteiger partial charge on any atom is 0.455 e. The normalized spacial score (nSPS) is 9.12. The first-order valence-electron chi connectivity index (χ1n) is 13.7. The van der Waals surface area contributed by atoms with E-state index in [0.29, 0.717) is 0 Å².